The predicted molar refractivity (Wildman–Crippen MR) is 111 cm³/mol. The zero-order valence-corrected chi connectivity index (χ0v) is 17.0. The summed E-state index contributed by atoms with van der Waals surface area (Å²) in [5, 5.41) is 6.48. The van der Waals surface area contributed by atoms with Gasteiger partial charge in [-0.1, -0.05) is 24.3 Å². The van der Waals surface area contributed by atoms with Crippen LogP contribution in [-0.4, -0.2) is 48.0 Å². The average Bonchev–Trinajstić information content (AvgIpc) is 3.07. The number of halogens is 2. The Kier molecular flexibility index (Phi) is 10.9. The van der Waals surface area contributed by atoms with E-state index in [0.717, 1.165) is 24.6 Å². The van der Waals surface area contributed by atoms with Gasteiger partial charge in [-0.25, -0.2) is 0 Å². The van der Waals surface area contributed by atoms with Crippen LogP contribution in [0.15, 0.2) is 24.3 Å². The number of amides is 1. The third-order valence-electron chi connectivity index (χ3n) is 4.52. The number of hydrogen-bond donors (Lipinski definition) is 2. The maximum Gasteiger partial charge on any atom is 0.221 e. The summed E-state index contributed by atoms with van der Waals surface area (Å²) in [6, 6.07) is 8.95. The highest BCUT2D eigenvalue weighted by Crippen LogP contribution is 2.14. The van der Waals surface area contributed by atoms with Crippen LogP contribution < -0.4 is 10.6 Å². The second-order valence-electron chi connectivity index (χ2n) is 6.51. The summed E-state index contributed by atoms with van der Waals surface area (Å²) >= 11 is 1.93. The summed E-state index contributed by atoms with van der Waals surface area (Å²) < 4.78 is 0. The summed E-state index contributed by atoms with van der Waals surface area (Å²) in [4.78, 5) is 14.6. The number of rotatable bonds is 6. The van der Waals surface area contributed by atoms with Crippen LogP contribution in [0.2, 0.25) is 0 Å². The van der Waals surface area contributed by atoms with E-state index in [9.17, 15) is 4.79 Å². The molecule has 1 amide bonds. The molecule has 3 rings (SSSR count). The van der Waals surface area contributed by atoms with Gasteiger partial charge in [0, 0.05) is 43.6 Å². The number of nitrogens with one attached hydrogen (secondary N) is 2. The predicted octanol–water partition coefficient (Wildman–Crippen LogP) is 2.84. The summed E-state index contributed by atoms with van der Waals surface area (Å²) in [7, 11) is 0. The van der Waals surface area contributed by atoms with Crippen molar-refractivity contribution in [3.05, 3.63) is 35.4 Å². The lowest BCUT2D eigenvalue weighted by atomic mass is 10.1. The van der Waals surface area contributed by atoms with E-state index in [1.54, 1.807) is 0 Å². The van der Waals surface area contributed by atoms with E-state index in [4.69, 9.17) is 0 Å². The molecule has 0 saturated carbocycles. The Bertz CT molecular complexity index is 521. The highest BCUT2D eigenvalue weighted by atomic mass is 35.5. The Morgan fingerprint density at radius 1 is 1.24 bits per heavy atom. The Labute approximate surface area is 167 Å². The molecule has 0 radical (unpaired) electrons. The molecule has 0 aliphatic carbocycles. The van der Waals surface area contributed by atoms with E-state index in [-0.39, 0.29) is 30.7 Å². The monoisotopic (exact) mass is 405 g/mol. The molecule has 0 aromatic heterocycles. The molecule has 1 atom stereocenters. The molecule has 1 aromatic carbocycles. The van der Waals surface area contributed by atoms with Gasteiger partial charge in [0.05, 0.1) is 0 Å². The van der Waals surface area contributed by atoms with Gasteiger partial charge in [0.2, 0.25) is 5.91 Å². The topological polar surface area (TPSA) is 44.4 Å². The molecule has 2 heterocycles. The molecule has 1 aromatic rings. The third kappa shape index (κ3) is 7.75. The molecule has 0 spiro atoms. The highest BCUT2D eigenvalue weighted by molar-refractivity contribution is 7.99. The molecule has 0 bridgehead atoms. The first-order chi connectivity index (χ1) is 11.3. The molecule has 25 heavy (non-hydrogen) atoms. The molecule has 2 saturated heterocycles. The van der Waals surface area contributed by atoms with Gasteiger partial charge in [-0.3, -0.25) is 9.69 Å². The minimum Gasteiger partial charge on any atom is -0.352 e. The number of hydrogen-bond acceptors (Lipinski definition) is 4. The lowest BCUT2D eigenvalue weighted by Gasteiger charge is -2.22. The Morgan fingerprint density at radius 2 is 2.00 bits per heavy atom. The minimum absolute atomic E-state index is 0. The van der Waals surface area contributed by atoms with E-state index < -0.39 is 0 Å². The minimum atomic E-state index is 0. The average molecular weight is 406 g/mol. The number of benzene rings is 1. The summed E-state index contributed by atoms with van der Waals surface area (Å²) in [6.45, 7) is 5.11. The number of carbonyl (C=O) groups is 1. The Morgan fingerprint density at radius 3 is 2.72 bits per heavy atom. The van der Waals surface area contributed by atoms with Crippen molar-refractivity contribution >= 4 is 42.5 Å². The molecule has 7 heteroatoms. The third-order valence-corrected chi connectivity index (χ3v) is 5.65. The molecule has 2 fully saturated rings. The van der Waals surface area contributed by atoms with Crippen molar-refractivity contribution in [2.24, 2.45) is 0 Å². The van der Waals surface area contributed by atoms with Gasteiger partial charge < -0.3 is 10.6 Å². The first kappa shape index (κ1) is 22.6. The van der Waals surface area contributed by atoms with Gasteiger partial charge in [0.15, 0.2) is 0 Å². The zero-order valence-electron chi connectivity index (χ0n) is 14.5. The van der Waals surface area contributed by atoms with Crippen molar-refractivity contribution in [3.63, 3.8) is 0 Å². The molecular formula is C18H29Cl2N3OS. The van der Waals surface area contributed by atoms with Crippen LogP contribution in [0, 0.1) is 0 Å². The van der Waals surface area contributed by atoms with Crippen molar-refractivity contribution in [3.8, 4) is 0 Å². The van der Waals surface area contributed by atoms with Crippen LogP contribution >= 0.6 is 36.6 Å². The van der Waals surface area contributed by atoms with Crippen LogP contribution in [0.1, 0.15) is 30.4 Å². The van der Waals surface area contributed by atoms with Crippen LogP contribution in [0.4, 0.5) is 0 Å². The lowest BCUT2D eigenvalue weighted by Crippen LogP contribution is -2.41. The van der Waals surface area contributed by atoms with Crippen molar-refractivity contribution in [1.82, 2.24) is 15.5 Å². The standard InChI is InChI=1S/C18H27N3OS.2ClH/c22-18(11-17-14-23-9-6-19-17)20-12-15-4-3-5-16(10-15)13-21-7-1-2-8-21;;/h3-5,10,17,19H,1-2,6-9,11-14H2,(H,20,22);2*1H. The van der Waals surface area contributed by atoms with Crippen LogP contribution in [0.25, 0.3) is 0 Å². The molecule has 2 aliphatic rings. The van der Waals surface area contributed by atoms with Crippen molar-refractivity contribution in [1.29, 1.82) is 0 Å². The Hall–Kier alpha value is -0.460. The number of carbonyl (C=O) groups excluding carboxylic acids is 1. The van der Waals surface area contributed by atoms with Gasteiger partial charge in [-0.15, -0.1) is 24.8 Å². The molecule has 2 aliphatic heterocycles. The number of thioether (sulfide) groups is 1. The van der Waals surface area contributed by atoms with E-state index in [2.05, 4.69) is 39.8 Å². The van der Waals surface area contributed by atoms with Gasteiger partial charge in [0.1, 0.15) is 0 Å². The quantitative estimate of drug-likeness (QED) is 0.763. The normalized spacial score (nSPS) is 20.4. The van der Waals surface area contributed by atoms with Crippen molar-refractivity contribution in [2.75, 3.05) is 31.1 Å². The SMILES string of the molecule is Cl.Cl.O=C(CC1CSCCN1)NCc1cccc(CN2CCCC2)c1. The first-order valence-corrected chi connectivity index (χ1v) is 9.83. The zero-order chi connectivity index (χ0) is 15.9. The molecule has 142 valence electrons. The largest absolute Gasteiger partial charge is 0.352 e. The molecular weight excluding hydrogens is 377 g/mol. The van der Waals surface area contributed by atoms with Gasteiger partial charge in [0.25, 0.3) is 0 Å². The van der Waals surface area contributed by atoms with E-state index in [1.807, 2.05) is 11.8 Å². The van der Waals surface area contributed by atoms with Crippen LogP contribution in [-0.2, 0) is 17.9 Å². The summed E-state index contributed by atoms with van der Waals surface area (Å²) in [5.41, 5.74) is 2.55. The first-order valence-electron chi connectivity index (χ1n) is 8.67. The van der Waals surface area contributed by atoms with E-state index in [1.165, 1.54) is 37.1 Å². The fraction of sp³-hybridized carbons (Fsp3) is 0.611. The summed E-state index contributed by atoms with van der Waals surface area (Å²) in [5.74, 6) is 2.34. The van der Waals surface area contributed by atoms with Crippen LogP contribution in [0.3, 0.4) is 0 Å². The van der Waals surface area contributed by atoms with Gasteiger partial charge in [-0.05, 0) is 37.1 Å². The van der Waals surface area contributed by atoms with Crippen molar-refractivity contribution in [2.45, 2.75) is 38.4 Å². The fourth-order valence-electron chi connectivity index (χ4n) is 3.28. The fourth-order valence-corrected chi connectivity index (χ4v) is 4.23. The van der Waals surface area contributed by atoms with Crippen LogP contribution in [0.5, 0.6) is 0 Å². The second-order valence-corrected chi connectivity index (χ2v) is 7.66. The van der Waals surface area contributed by atoms with Crippen molar-refractivity contribution < 1.29 is 4.79 Å². The maximum atomic E-state index is 12.1. The molecule has 4 nitrogen and oxygen atoms in total. The highest BCUT2D eigenvalue weighted by Gasteiger charge is 2.16. The smallest absolute Gasteiger partial charge is 0.221 e. The van der Waals surface area contributed by atoms with E-state index in [0.29, 0.717) is 19.0 Å². The van der Waals surface area contributed by atoms with E-state index >= 15 is 0 Å². The summed E-state index contributed by atoms with van der Waals surface area (Å²) in [6.07, 6.45) is 3.23. The Balaban J connectivity index is 0.00000156. The lowest BCUT2D eigenvalue weighted by molar-refractivity contribution is -0.121. The molecule has 1 unspecified atom stereocenters. The van der Waals surface area contributed by atoms with Gasteiger partial charge >= 0.3 is 0 Å². The number of likely N-dealkylation sites (tertiary alicyclic amines) is 1. The number of nitrogens with zero attached hydrogens (tertiary/aromatic N) is 1. The second kappa shape index (κ2) is 12.0. The molecule has 2 N–H and O–H groups in total. The van der Waals surface area contributed by atoms with Gasteiger partial charge in [-0.2, -0.15) is 11.8 Å². The maximum absolute atomic E-state index is 12.1.